The van der Waals surface area contributed by atoms with Crippen molar-refractivity contribution in [3.05, 3.63) is 74.1 Å². The van der Waals surface area contributed by atoms with E-state index in [9.17, 15) is 27.6 Å². The Bertz CT molecular complexity index is 1600. The fraction of sp³-hybridized carbons (Fsp3) is 0.217. The first-order valence-electron chi connectivity index (χ1n) is 10.1. The van der Waals surface area contributed by atoms with Crippen LogP contribution in [0.5, 0.6) is 5.75 Å². The van der Waals surface area contributed by atoms with Gasteiger partial charge in [0.15, 0.2) is 6.61 Å². The Kier molecular flexibility index (Phi) is 6.01. The van der Waals surface area contributed by atoms with Crippen molar-refractivity contribution in [3.8, 4) is 22.7 Å². The van der Waals surface area contributed by atoms with Crippen molar-refractivity contribution in [1.29, 1.82) is 0 Å². The fourth-order valence-electron chi connectivity index (χ4n) is 3.85. The van der Waals surface area contributed by atoms with Crippen LogP contribution in [-0.2, 0) is 18.0 Å². The minimum absolute atomic E-state index is 0.0654. The number of carboxylic acids is 1. The standard InChI is InChI=1S/C23H18F3N3O5S/c1-11-6-12(2)21(34-10-19(31)32)15(7-11)20-14-8-13(4-5-16(14)35-27-20)29-18(30)9-17(23(24,25)26)28(3)22(29)33/h4-9H,10H2,1-3H3,(H,31,32). The van der Waals surface area contributed by atoms with Gasteiger partial charge in [-0.3, -0.25) is 9.36 Å². The summed E-state index contributed by atoms with van der Waals surface area (Å²) in [6, 6.07) is 8.52. The van der Waals surface area contributed by atoms with Gasteiger partial charge in [0.1, 0.15) is 11.4 Å². The highest BCUT2D eigenvalue weighted by atomic mass is 32.1. The lowest BCUT2D eigenvalue weighted by Crippen LogP contribution is -2.40. The van der Waals surface area contributed by atoms with E-state index < -0.39 is 35.7 Å². The van der Waals surface area contributed by atoms with Crippen molar-refractivity contribution in [1.82, 2.24) is 13.5 Å². The van der Waals surface area contributed by atoms with Crippen LogP contribution in [0.3, 0.4) is 0 Å². The maximum Gasteiger partial charge on any atom is 0.431 e. The smallest absolute Gasteiger partial charge is 0.431 e. The number of hydrogen-bond acceptors (Lipinski definition) is 6. The van der Waals surface area contributed by atoms with Gasteiger partial charge in [0.2, 0.25) is 0 Å². The highest BCUT2D eigenvalue weighted by molar-refractivity contribution is 7.13. The summed E-state index contributed by atoms with van der Waals surface area (Å²) < 4.78 is 51.3. The Hall–Kier alpha value is -3.93. The highest BCUT2D eigenvalue weighted by Crippen LogP contribution is 2.39. The van der Waals surface area contributed by atoms with Crippen LogP contribution in [0.4, 0.5) is 13.2 Å². The van der Waals surface area contributed by atoms with Crippen LogP contribution < -0.4 is 16.0 Å². The van der Waals surface area contributed by atoms with Crippen LogP contribution in [0.1, 0.15) is 16.8 Å². The van der Waals surface area contributed by atoms with Crippen molar-refractivity contribution >= 4 is 27.6 Å². The summed E-state index contributed by atoms with van der Waals surface area (Å²) in [7, 11) is 0.943. The molecule has 4 rings (SSSR count). The van der Waals surface area contributed by atoms with E-state index in [1.807, 2.05) is 13.0 Å². The summed E-state index contributed by atoms with van der Waals surface area (Å²) in [5, 5.41) is 9.57. The van der Waals surface area contributed by atoms with Crippen LogP contribution >= 0.6 is 11.5 Å². The molecule has 12 heteroatoms. The van der Waals surface area contributed by atoms with Gasteiger partial charge in [-0.1, -0.05) is 6.07 Å². The lowest BCUT2D eigenvalue weighted by molar-refractivity contribution is -0.144. The minimum Gasteiger partial charge on any atom is -0.481 e. The molecule has 0 aliphatic heterocycles. The summed E-state index contributed by atoms with van der Waals surface area (Å²) in [5.74, 6) is -0.836. The number of carboxylic acid groups (broad SMARTS) is 1. The van der Waals surface area contributed by atoms with Crippen LogP contribution in [0, 0.1) is 13.8 Å². The molecule has 2 aromatic carbocycles. The molecule has 0 spiro atoms. The van der Waals surface area contributed by atoms with Gasteiger partial charge in [-0.15, -0.1) is 0 Å². The first-order valence-corrected chi connectivity index (χ1v) is 10.9. The van der Waals surface area contributed by atoms with Crippen LogP contribution in [0.2, 0.25) is 0 Å². The third-order valence-electron chi connectivity index (χ3n) is 5.34. The van der Waals surface area contributed by atoms with E-state index in [1.165, 1.54) is 12.1 Å². The van der Waals surface area contributed by atoms with E-state index in [4.69, 9.17) is 9.84 Å². The molecule has 2 aromatic heterocycles. The highest BCUT2D eigenvalue weighted by Gasteiger charge is 2.35. The molecule has 35 heavy (non-hydrogen) atoms. The number of rotatable bonds is 5. The molecule has 0 bridgehead atoms. The average Bonchev–Trinajstić information content (AvgIpc) is 3.17. The first kappa shape index (κ1) is 24.2. The molecule has 0 saturated carbocycles. The van der Waals surface area contributed by atoms with Crippen molar-refractivity contribution < 1.29 is 27.8 Å². The van der Waals surface area contributed by atoms with Crippen LogP contribution in [-0.4, -0.2) is 31.2 Å². The van der Waals surface area contributed by atoms with Gasteiger partial charge in [-0.2, -0.15) is 17.5 Å². The molecule has 0 atom stereocenters. The quantitative estimate of drug-likeness (QED) is 0.441. The Morgan fingerprint density at radius 2 is 1.86 bits per heavy atom. The normalized spacial score (nSPS) is 11.7. The van der Waals surface area contributed by atoms with Crippen molar-refractivity contribution in [2.45, 2.75) is 20.0 Å². The molecule has 0 aliphatic carbocycles. The second kappa shape index (κ2) is 8.69. The van der Waals surface area contributed by atoms with Gasteiger partial charge in [0.05, 0.1) is 16.1 Å². The maximum absolute atomic E-state index is 13.2. The molecule has 8 nitrogen and oxygen atoms in total. The van der Waals surface area contributed by atoms with E-state index in [0.29, 0.717) is 47.9 Å². The lowest BCUT2D eigenvalue weighted by Gasteiger charge is -2.15. The van der Waals surface area contributed by atoms with Gasteiger partial charge in [-0.25, -0.2) is 14.2 Å². The molecular weight excluding hydrogens is 487 g/mol. The zero-order chi connectivity index (χ0) is 25.7. The maximum atomic E-state index is 13.2. The Morgan fingerprint density at radius 3 is 2.51 bits per heavy atom. The molecule has 0 amide bonds. The molecule has 0 saturated heterocycles. The number of aryl methyl sites for hydroxylation is 2. The topological polar surface area (TPSA) is 103 Å². The number of alkyl halides is 3. The molecular formula is C23H18F3N3O5S. The monoisotopic (exact) mass is 505 g/mol. The SMILES string of the molecule is Cc1cc(C)c(OCC(=O)O)c(-c2nsc3ccc(-n4c(=O)cc(C(F)(F)F)n(C)c4=O)cc23)c1. The fourth-order valence-corrected chi connectivity index (χ4v) is 4.62. The predicted molar refractivity (Wildman–Crippen MR) is 124 cm³/mol. The van der Waals surface area contributed by atoms with Gasteiger partial charge in [0.25, 0.3) is 5.56 Å². The summed E-state index contributed by atoms with van der Waals surface area (Å²) >= 11 is 1.13. The van der Waals surface area contributed by atoms with E-state index in [-0.39, 0.29) is 5.69 Å². The van der Waals surface area contributed by atoms with E-state index >= 15 is 0 Å². The predicted octanol–water partition coefficient (Wildman–Crippen LogP) is 3.91. The molecule has 0 radical (unpaired) electrons. The number of fused-ring (bicyclic) bond motifs is 1. The zero-order valence-electron chi connectivity index (χ0n) is 18.6. The van der Waals surface area contributed by atoms with Gasteiger partial charge < -0.3 is 9.84 Å². The average molecular weight is 505 g/mol. The lowest BCUT2D eigenvalue weighted by atomic mass is 10.0. The molecule has 0 unspecified atom stereocenters. The Balaban J connectivity index is 1.94. The largest absolute Gasteiger partial charge is 0.481 e. The van der Waals surface area contributed by atoms with E-state index in [1.54, 1.807) is 19.1 Å². The van der Waals surface area contributed by atoms with Crippen LogP contribution in [0.15, 0.2) is 46.0 Å². The van der Waals surface area contributed by atoms with Crippen LogP contribution in [0.25, 0.3) is 27.0 Å². The van der Waals surface area contributed by atoms with Gasteiger partial charge in [-0.05, 0) is 60.8 Å². The second-order valence-corrected chi connectivity index (χ2v) is 8.70. The number of aliphatic carboxylic acids is 1. The third kappa shape index (κ3) is 4.44. The summed E-state index contributed by atoms with van der Waals surface area (Å²) in [6.45, 7) is 3.04. The Morgan fingerprint density at radius 1 is 1.14 bits per heavy atom. The van der Waals surface area contributed by atoms with Crippen molar-refractivity contribution in [2.75, 3.05) is 6.61 Å². The van der Waals surface area contributed by atoms with Crippen molar-refractivity contribution in [2.24, 2.45) is 7.05 Å². The van der Waals surface area contributed by atoms with Gasteiger partial charge >= 0.3 is 17.8 Å². The van der Waals surface area contributed by atoms with E-state index in [2.05, 4.69) is 4.37 Å². The summed E-state index contributed by atoms with van der Waals surface area (Å²) in [4.78, 5) is 36.3. The molecule has 2 heterocycles. The molecule has 0 fully saturated rings. The summed E-state index contributed by atoms with van der Waals surface area (Å²) in [5.41, 5.74) is -1.06. The molecule has 1 N–H and O–H groups in total. The van der Waals surface area contributed by atoms with Crippen molar-refractivity contribution in [3.63, 3.8) is 0 Å². The Labute approximate surface area is 199 Å². The second-order valence-electron chi connectivity index (χ2n) is 7.90. The molecule has 4 aromatic rings. The van der Waals surface area contributed by atoms with E-state index in [0.717, 1.165) is 24.1 Å². The first-order chi connectivity index (χ1) is 16.4. The molecule has 182 valence electrons. The van der Waals surface area contributed by atoms with Gasteiger partial charge in [0, 0.05) is 24.1 Å². The molecule has 0 aliphatic rings. The zero-order valence-corrected chi connectivity index (χ0v) is 19.5. The number of aromatic nitrogens is 3. The number of hydrogen-bond donors (Lipinski definition) is 1. The number of halogens is 3. The number of nitrogens with zero attached hydrogens (tertiary/aromatic N) is 3. The number of ether oxygens (including phenoxy) is 1. The number of benzene rings is 2. The summed E-state index contributed by atoms with van der Waals surface area (Å²) in [6.07, 6.45) is -4.87. The third-order valence-corrected chi connectivity index (χ3v) is 6.16. The number of carbonyl (C=O) groups is 1. The minimum atomic E-state index is -4.87.